The third-order valence-electron chi connectivity index (χ3n) is 10.5. The normalized spacial score (nSPS) is 16.2. The Kier molecular flexibility index (Phi) is 16.7. The molecule has 2 atom stereocenters. The highest BCUT2D eigenvalue weighted by Gasteiger charge is 2.34. The Bertz CT molecular complexity index is 1620. The molecule has 0 aliphatic heterocycles. The van der Waals surface area contributed by atoms with Gasteiger partial charge in [-0.15, -0.1) is 0 Å². The third-order valence-corrected chi connectivity index (χ3v) is 12.8. The number of carbonyl (C=O) groups is 1. The van der Waals surface area contributed by atoms with Gasteiger partial charge in [-0.1, -0.05) is 153 Å². The zero-order valence-electron chi connectivity index (χ0n) is 33.8. The molecule has 0 heterocycles. The van der Waals surface area contributed by atoms with Crippen LogP contribution in [0.1, 0.15) is 121 Å². The Morgan fingerprint density at radius 1 is 0.755 bits per heavy atom. The van der Waals surface area contributed by atoms with E-state index in [1.807, 2.05) is 24.3 Å². The summed E-state index contributed by atoms with van der Waals surface area (Å²) in [5.74, 6) is 2.56. The molecule has 6 heteroatoms. The average Bonchev–Trinajstić information content (AvgIpc) is 3.13. The number of rotatable bonds is 20. The number of ether oxygens (including phenoxy) is 2. The van der Waals surface area contributed by atoms with Crippen LogP contribution in [0.5, 0.6) is 0 Å². The van der Waals surface area contributed by atoms with Gasteiger partial charge in [0, 0.05) is 29.7 Å². The SMILES string of the molecule is C=C(OCCSSCCOC(=O)c1ccc(CNC(CC)C2=CC=C(C)CC2)cc1)c1ccc(CC(C)(C)CC(C2=CC=C(C)CC2)C(C)(C)C)cc1. The van der Waals surface area contributed by atoms with Crippen molar-refractivity contribution < 1.29 is 14.3 Å². The molecule has 1 N–H and O–H groups in total. The summed E-state index contributed by atoms with van der Waals surface area (Å²) in [6.45, 7) is 24.6. The fourth-order valence-electron chi connectivity index (χ4n) is 7.26. The lowest BCUT2D eigenvalue weighted by Gasteiger charge is -2.40. The minimum Gasteiger partial charge on any atom is -0.493 e. The Labute approximate surface area is 329 Å². The van der Waals surface area contributed by atoms with Crippen LogP contribution < -0.4 is 5.32 Å². The average molecular weight is 756 g/mol. The van der Waals surface area contributed by atoms with E-state index in [4.69, 9.17) is 9.47 Å². The summed E-state index contributed by atoms with van der Waals surface area (Å²) in [4.78, 5) is 12.6. The summed E-state index contributed by atoms with van der Waals surface area (Å²) >= 11 is 0. The predicted molar refractivity (Wildman–Crippen MR) is 231 cm³/mol. The van der Waals surface area contributed by atoms with Crippen LogP contribution in [0.15, 0.2) is 102 Å². The summed E-state index contributed by atoms with van der Waals surface area (Å²) in [5, 5.41) is 3.69. The zero-order chi connectivity index (χ0) is 38.4. The van der Waals surface area contributed by atoms with E-state index in [0.29, 0.717) is 36.5 Å². The third kappa shape index (κ3) is 14.3. The number of hydrogen-bond donors (Lipinski definition) is 1. The van der Waals surface area contributed by atoms with Crippen molar-refractivity contribution in [3.8, 4) is 0 Å². The molecule has 4 rings (SSSR count). The van der Waals surface area contributed by atoms with E-state index in [-0.39, 0.29) is 16.8 Å². The van der Waals surface area contributed by atoms with Crippen LogP contribution in [-0.2, 0) is 22.4 Å². The molecule has 0 spiro atoms. The van der Waals surface area contributed by atoms with Crippen molar-refractivity contribution in [3.63, 3.8) is 0 Å². The van der Waals surface area contributed by atoms with Crippen LogP contribution in [0.3, 0.4) is 0 Å². The molecule has 2 aliphatic rings. The first kappa shape index (κ1) is 42.8. The number of hydrogen-bond acceptors (Lipinski definition) is 6. The lowest BCUT2D eigenvalue weighted by molar-refractivity contribution is 0.0530. The van der Waals surface area contributed by atoms with Gasteiger partial charge in [-0.05, 0) is 98.8 Å². The summed E-state index contributed by atoms with van der Waals surface area (Å²) in [7, 11) is 3.42. The largest absolute Gasteiger partial charge is 0.493 e. The summed E-state index contributed by atoms with van der Waals surface area (Å²) in [5.41, 5.74) is 10.6. The minimum atomic E-state index is -0.274. The molecule has 0 fully saturated rings. The lowest BCUT2D eigenvalue weighted by Crippen LogP contribution is -2.30. The van der Waals surface area contributed by atoms with Gasteiger partial charge < -0.3 is 14.8 Å². The van der Waals surface area contributed by atoms with Crippen molar-refractivity contribution in [1.82, 2.24) is 5.32 Å². The molecule has 2 aromatic carbocycles. The van der Waals surface area contributed by atoms with Crippen molar-refractivity contribution in [2.24, 2.45) is 16.7 Å². The van der Waals surface area contributed by atoms with Gasteiger partial charge in [0.25, 0.3) is 0 Å². The molecule has 0 bridgehead atoms. The second-order valence-corrected chi connectivity index (χ2v) is 19.5. The van der Waals surface area contributed by atoms with Crippen molar-refractivity contribution in [1.29, 1.82) is 0 Å². The molecule has 0 radical (unpaired) electrons. The van der Waals surface area contributed by atoms with Gasteiger partial charge in [-0.25, -0.2) is 4.79 Å². The van der Waals surface area contributed by atoms with E-state index in [0.717, 1.165) is 54.9 Å². The molecule has 53 heavy (non-hydrogen) atoms. The Hall–Kier alpha value is -2.93. The van der Waals surface area contributed by atoms with Gasteiger partial charge in [0.15, 0.2) is 0 Å². The lowest BCUT2D eigenvalue weighted by atomic mass is 9.65. The molecule has 0 aromatic heterocycles. The molecule has 2 aliphatic carbocycles. The highest BCUT2D eigenvalue weighted by atomic mass is 33.1. The standard InChI is InChI=1S/C47H65NO3S2/c1-10-44(41-21-13-35(3)14-22-41)48-33-38-17-25-42(26-18-38)45(49)51-28-30-53-52-29-27-50-36(4)39-23-15-37(16-24-39)31-47(8,9)32-43(46(5,6)7)40-19-11-34(2)12-20-40/h11,13,15-19,21,23-26,43-44,48H,4,10,12,14,20,22,27-33H2,1-3,5-9H3. The molecule has 4 nitrogen and oxygen atoms in total. The van der Waals surface area contributed by atoms with Crippen LogP contribution in [0.25, 0.3) is 5.76 Å². The summed E-state index contributed by atoms with van der Waals surface area (Å²) in [6, 6.07) is 16.9. The van der Waals surface area contributed by atoms with Crippen molar-refractivity contribution >= 4 is 33.3 Å². The fraction of sp³-hybridized carbons (Fsp3) is 0.511. The van der Waals surface area contributed by atoms with Gasteiger partial charge in [0.05, 0.1) is 12.2 Å². The first-order valence-corrected chi connectivity index (χ1v) is 22.1. The summed E-state index contributed by atoms with van der Waals surface area (Å²) < 4.78 is 11.5. The number of carbonyl (C=O) groups excluding carboxylic acids is 1. The Morgan fingerprint density at radius 2 is 1.30 bits per heavy atom. The molecule has 0 saturated heterocycles. The quantitative estimate of drug-likeness (QED) is 0.0628. The monoisotopic (exact) mass is 755 g/mol. The van der Waals surface area contributed by atoms with E-state index in [9.17, 15) is 4.79 Å². The maximum atomic E-state index is 12.6. The number of allylic oxidation sites excluding steroid dienone is 7. The molecular formula is C47H65NO3S2. The van der Waals surface area contributed by atoms with Crippen LogP contribution in [-0.4, -0.2) is 36.7 Å². The fourth-order valence-corrected chi connectivity index (χ4v) is 8.92. The molecule has 2 aromatic rings. The van der Waals surface area contributed by atoms with E-state index in [1.54, 1.807) is 27.2 Å². The van der Waals surface area contributed by atoms with Crippen molar-refractivity contribution in [3.05, 3.63) is 124 Å². The number of benzene rings is 2. The minimum absolute atomic E-state index is 0.184. The second-order valence-electron chi connectivity index (χ2n) is 16.8. The highest BCUT2D eigenvalue weighted by Crippen LogP contribution is 2.44. The second kappa shape index (κ2) is 20.7. The smallest absolute Gasteiger partial charge is 0.338 e. The first-order chi connectivity index (χ1) is 25.2. The topological polar surface area (TPSA) is 47.6 Å². The van der Waals surface area contributed by atoms with E-state index in [2.05, 4.69) is 116 Å². The zero-order valence-corrected chi connectivity index (χ0v) is 35.4. The van der Waals surface area contributed by atoms with Crippen LogP contribution in [0, 0.1) is 16.7 Å². The molecular weight excluding hydrogens is 691 g/mol. The van der Waals surface area contributed by atoms with Crippen molar-refractivity contribution in [2.45, 2.75) is 113 Å². The highest BCUT2D eigenvalue weighted by molar-refractivity contribution is 8.76. The van der Waals surface area contributed by atoms with Gasteiger partial charge in [-0.3, -0.25) is 0 Å². The van der Waals surface area contributed by atoms with Gasteiger partial charge in [0.1, 0.15) is 12.4 Å². The van der Waals surface area contributed by atoms with E-state index in [1.165, 1.54) is 41.5 Å². The number of esters is 1. The van der Waals surface area contributed by atoms with Crippen molar-refractivity contribution in [2.75, 3.05) is 24.7 Å². The van der Waals surface area contributed by atoms with Crippen LogP contribution in [0.4, 0.5) is 0 Å². The Morgan fingerprint density at radius 3 is 1.85 bits per heavy atom. The van der Waals surface area contributed by atoms with Gasteiger partial charge in [-0.2, -0.15) is 0 Å². The molecule has 288 valence electrons. The van der Waals surface area contributed by atoms with Gasteiger partial charge in [0.2, 0.25) is 0 Å². The van der Waals surface area contributed by atoms with Crippen LogP contribution >= 0.6 is 21.6 Å². The first-order valence-electron chi connectivity index (χ1n) is 19.6. The van der Waals surface area contributed by atoms with Crippen LogP contribution in [0.2, 0.25) is 0 Å². The maximum Gasteiger partial charge on any atom is 0.338 e. The molecule has 0 saturated carbocycles. The molecule has 0 amide bonds. The molecule has 2 unspecified atom stereocenters. The summed E-state index contributed by atoms with van der Waals surface area (Å²) in [6.07, 6.45) is 17.2. The van der Waals surface area contributed by atoms with E-state index >= 15 is 0 Å². The number of nitrogens with one attached hydrogen (secondary N) is 1. The Balaban J connectivity index is 1.09. The predicted octanol–water partition coefficient (Wildman–Crippen LogP) is 12.7. The van der Waals surface area contributed by atoms with E-state index < -0.39 is 0 Å². The van der Waals surface area contributed by atoms with Gasteiger partial charge >= 0.3 is 5.97 Å². The maximum absolute atomic E-state index is 12.6.